The zero-order valence-corrected chi connectivity index (χ0v) is 20.0. The van der Waals surface area contributed by atoms with Crippen molar-refractivity contribution in [2.45, 2.75) is 37.3 Å². The van der Waals surface area contributed by atoms with Crippen molar-refractivity contribution in [2.24, 2.45) is 4.99 Å². The highest BCUT2D eigenvalue weighted by molar-refractivity contribution is 6.31. The SMILES string of the molecule is O=C(OCc1ccccc1)[C@@]1(C2=C3C=Cc4c(ccc5ccc(Cl)cc45)[C@H]3CCC2)C=NC=CN1. The Bertz CT molecular complexity index is 1440. The van der Waals surface area contributed by atoms with E-state index in [0.29, 0.717) is 0 Å². The lowest BCUT2D eigenvalue weighted by Crippen LogP contribution is -2.55. The summed E-state index contributed by atoms with van der Waals surface area (Å²) in [7, 11) is 0. The fourth-order valence-corrected chi connectivity index (χ4v) is 5.77. The molecule has 1 heterocycles. The Balaban J connectivity index is 1.42. The maximum absolute atomic E-state index is 13.6. The van der Waals surface area contributed by atoms with Crippen LogP contribution in [-0.4, -0.2) is 17.7 Å². The first-order valence-corrected chi connectivity index (χ1v) is 12.4. The molecular formula is C30H25ClN2O2. The fourth-order valence-electron chi connectivity index (χ4n) is 5.59. The number of allylic oxidation sites excluding steroid dienone is 2. The van der Waals surface area contributed by atoms with Crippen LogP contribution in [0, 0.1) is 0 Å². The van der Waals surface area contributed by atoms with Crippen molar-refractivity contribution in [1.29, 1.82) is 0 Å². The van der Waals surface area contributed by atoms with Gasteiger partial charge in [0.25, 0.3) is 0 Å². The molecule has 0 spiro atoms. The van der Waals surface area contributed by atoms with Crippen LogP contribution < -0.4 is 5.32 Å². The summed E-state index contributed by atoms with van der Waals surface area (Å²) in [6.45, 7) is 0.220. The molecule has 5 heteroatoms. The number of ether oxygens (including phenoxy) is 1. The third-order valence-corrected chi connectivity index (χ3v) is 7.49. The Hall–Kier alpha value is -3.63. The molecule has 0 fully saturated rings. The maximum Gasteiger partial charge on any atom is 0.342 e. The lowest BCUT2D eigenvalue weighted by Gasteiger charge is -2.39. The van der Waals surface area contributed by atoms with Crippen molar-refractivity contribution in [3.63, 3.8) is 0 Å². The van der Waals surface area contributed by atoms with Gasteiger partial charge in [0.2, 0.25) is 0 Å². The molecular weight excluding hydrogens is 456 g/mol. The van der Waals surface area contributed by atoms with Crippen LogP contribution in [0.1, 0.15) is 41.9 Å². The van der Waals surface area contributed by atoms with Crippen molar-refractivity contribution in [3.8, 4) is 0 Å². The molecule has 0 aromatic heterocycles. The van der Waals surface area contributed by atoms with E-state index in [1.807, 2.05) is 42.5 Å². The number of carbonyl (C=O) groups excluding carboxylic acids is 1. The van der Waals surface area contributed by atoms with Gasteiger partial charge in [-0.2, -0.15) is 0 Å². The third-order valence-electron chi connectivity index (χ3n) is 7.26. The first kappa shape index (κ1) is 21.9. The zero-order valence-electron chi connectivity index (χ0n) is 19.2. The smallest absolute Gasteiger partial charge is 0.342 e. The summed E-state index contributed by atoms with van der Waals surface area (Å²) >= 11 is 6.34. The Kier molecular flexibility index (Phi) is 5.54. The molecule has 0 saturated heterocycles. The predicted octanol–water partition coefficient (Wildman–Crippen LogP) is 6.71. The van der Waals surface area contributed by atoms with Crippen LogP contribution in [0.15, 0.2) is 95.3 Å². The number of aliphatic imine (C=N–C) groups is 1. The first-order chi connectivity index (χ1) is 17.2. The van der Waals surface area contributed by atoms with Crippen LogP contribution >= 0.6 is 11.6 Å². The van der Waals surface area contributed by atoms with E-state index in [2.05, 4.69) is 40.7 Å². The number of halogens is 1. The number of benzene rings is 3. The fraction of sp³-hybridized carbons (Fsp3) is 0.200. The van der Waals surface area contributed by atoms with Crippen LogP contribution in [0.3, 0.4) is 0 Å². The number of hydrogen-bond donors (Lipinski definition) is 1. The van der Waals surface area contributed by atoms with Gasteiger partial charge in [-0.1, -0.05) is 72.3 Å². The Morgan fingerprint density at radius 3 is 2.80 bits per heavy atom. The molecule has 3 aromatic rings. The van der Waals surface area contributed by atoms with Crippen LogP contribution in [0.4, 0.5) is 0 Å². The monoisotopic (exact) mass is 480 g/mol. The molecule has 0 unspecified atom stereocenters. The number of rotatable bonds is 4. The molecule has 1 aliphatic heterocycles. The summed E-state index contributed by atoms with van der Waals surface area (Å²) in [5.41, 5.74) is 4.55. The van der Waals surface area contributed by atoms with Gasteiger partial charge in [0.05, 0.1) is 0 Å². The van der Waals surface area contributed by atoms with E-state index in [1.54, 1.807) is 18.6 Å². The molecule has 4 nitrogen and oxygen atoms in total. The summed E-state index contributed by atoms with van der Waals surface area (Å²) in [6.07, 6.45) is 12.3. The van der Waals surface area contributed by atoms with E-state index in [-0.39, 0.29) is 18.5 Å². The van der Waals surface area contributed by atoms with Gasteiger partial charge in [-0.3, -0.25) is 4.99 Å². The highest BCUT2D eigenvalue weighted by Gasteiger charge is 2.46. The van der Waals surface area contributed by atoms with Gasteiger partial charge in [-0.05, 0) is 70.0 Å². The molecule has 0 bridgehead atoms. The number of hydrogen-bond acceptors (Lipinski definition) is 4. The standard InChI is InChI=1S/C30H25ClN2O2/c31-22-11-9-21-10-12-24-23-7-4-8-28(26(23)14-13-25(24)27(21)17-22)30(19-32-15-16-33-30)29(34)35-18-20-5-2-1-3-6-20/h1-3,5-6,9-17,19,23,33H,4,7-8,18H2/t23-,30+/m1/s1. The molecule has 0 amide bonds. The molecule has 0 saturated carbocycles. The summed E-state index contributed by atoms with van der Waals surface area (Å²) in [5.74, 6) is -0.121. The van der Waals surface area contributed by atoms with E-state index in [9.17, 15) is 4.79 Å². The van der Waals surface area contributed by atoms with Crippen LogP contribution in [-0.2, 0) is 16.1 Å². The minimum absolute atomic E-state index is 0.210. The molecule has 3 aromatic carbocycles. The minimum atomic E-state index is -1.11. The molecule has 6 rings (SSSR count). The van der Waals surface area contributed by atoms with Gasteiger partial charge in [-0.15, -0.1) is 0 Å². The van der Waals surface area contributed by atoms with Gasteiger partial charge in [0, 0.05) is 29.6 Å². The van der Waals surface area contributed by atoms with Gasteiger partial charge >= 0.3 is 5.97 Å². The summed E-state index contributed by atoms with van der Waals surface area (Å²) < 4.78 is 5.84. The second kappa shape index (κ2) is 8.86. The maximum atomic E-state index is 13.6. The predicted molar refractivity (Wildman–Crippen MR) is 141 cm³/mol. The molecule has 2 aliphatic carbocycles. The van der Waals surface area contributed by atoms with Gasteiger partial charge < -0.3 is 10.1 Å². The van der Waals surface area contributed by atoms with Gasteiger partial charge in [0.15, 0.2) is 5.54 Å². The van der Waals surface area contributed by atoms with Gasteiger partial charge in [0.1, 0.15) is 6.61 Å². The Labute approximate surface area is 209 Å². The van der Waals surface area contributed by atoms with E-state index in [1.165, 1.54) is 22.1 Å². The highest BCUT2D eigenvalue weighted by atomic mass is 35.5. The summed E-state index contributed by atoms with van der Waals surface area (Å²) in [4.78, 5) is 18.0. The van der Waals surface area contributed by atoms with Crippen molar-refractivity contribution < 1.29 is 9.53 Å². The topological polar surface area (TPSA) is 50.7 Å². The minimum Gasteiger partial charge on any atom is -0.459 e. The number of nitrogens with one attached hydrogen (secondary N) is 1. The number of fused-ring (bicyclic) bond motifs is 5. The van der Waals surface area contributed by atoms with Crippen molar-refractivity contribution in [3.05, 3.63) is 112 Å². The lowest BCUT2D eigenvalue weighted by atomic mass is 9.69. The quantitative estimate of drug-likeness (QED) is 0.422. The van der Waals surface area contributed by atoms with Crippen LogP contribution in [0.5, 0.6) is 0 Å². The average Bonchev–Trinajstić information content (AvgIpc) is 2.92. The molecule has 174 valence electrons. The second-order valence-electron chi connectivity index (χ2n) is 9.25. The lowest BCUT2D eigenvalue weighted by molar-refractivity contribution is -0.148. The molecule has 0 radical (unpaired) electrons. The first-order valence-electron chi connectivity index (χ1n) is 12.0. The third kappa shape index (κ3) is 3.78. The van der Waals surface area contributed by atoms with Crippen LogP contribution in [0.2, 0.25) is 5.02 Å². The van der Waals surface area contributed by atoms with Crippen molar-refractivity contribution >= 4 is 40.6 Å². The van der Waals surface area contributed by atoms with Crippen molar-refractivity contribution in [2.75, 3.05) is 0 Å². The van der Waals surface area contributed by atoms with Gasteiger partial charge in [-0.25, -0.2) is 4.79 Å². The molecule has 3 aliphatic rings. The highest BCUT2D eigenvalue weighted by Crippen LogP contribution is 2.47. The van der Waals surface area contributed by atoms with Crippen molar-refractivity contribution in [1.82, 2.24) is 5.32 Å². The summed E-state index contributed by atoms with van der Waals surface area (Å²) in [5, 5.41) is 6.39. The zero-order chi connectivity index (χ0) is 23.8. The van der Waals surface area contributed by atoms with E-state index in [0.717, 1.165) is 40.8 Å². The molecule has 35 heavy (non-hydrogen) atoms. The molecule has 1 N–H and O–H groups in total. The molecule has 2 atom stereocenters. The average molecular weight is 481 g/mol. The summed E-state index contributed by atoms with van der Waals surface area (Å²) in [6, 6.07) is 20.2. The second-order valence-corrected chi connectivity index (χ2v) is 9.69. The van der Waals surface area contributed by atoms with E-state index < -0.39 is 5.54 Å². The number of carbonyl (C=O) groups is 1. The largest absolute Gasteiger partial charge is 0.459 e. The van der Waals surface area contributed by atoms with Crippen LogP contribution in [0.25, 0.3) is 16.8 Å². The van der Waals surface area contributed by atoms with E-state index in [4.69, 9.17) is 16.3 Å². The number of esters is 1. The Morgan fingerprint density at radius 2 is 1.97 bits per heavy atom. The normalized spacial score (nSPS) is 22.5. The van der Waals surface area contributed by atoms with E-state index >= 15 is 0 Å². The Morgan fingerprint density at radius 1 is 1.11 bits per heavy atom. The number of nitrogens with zero attached hydrogens (tertiary/aromatic N) is 1.